The number of fused-ring (bicyclic) bond motifs is 1. The van der Waals surface area contributed by atoms with Crippen LogP contribution in [0.2, 0.25) is 0 Å². The molecule has 1 amide bonds. The number of benzene rings is 1. The number of likely N-dealkylation sites (N-methyl/N-ethyl adjacent to an activating group) is 1. The topological polar surface area (TPSA) is 42.4 Å². The minimum Gasteiger partial charge on any atom is -0.483 e. The normalized spacial score (nSPS) is 11.6. The molecule has 2 aromatic rings. The van der Waals surface area contributed by atoms with Crippen molar-refractivity contribution < 1.29 is 22.7 Å². The lowest BCUT2D eigenvalue weighted by Crippen LogP contribution is -2.31. The Balaban J connectivity index is 2.43. The van der Waals surface area contributed by atoms with Gasteiger partial charge in [0.2, 0.25) is 0 Å². The average Bonchev–Trinajstić information content (AvgIpc) is 2.50. The number of ether oxygens (including phenoxy) is 1. The van der Waals surface area contributed by atoms with Crippen LogP contribution in [-0.2, 0) is 11.0 Å². The molecule has 0 aliphatic carbocycles. The second-order valence-electron chi connectivity index (χ2n) is 4.86. The molecule has 0 aliphatic rings. The lowest BCUT2D eigenvalue weighted by molar-refractivity contribution is -0.141. The molecule has 2 rings (SSSR count). The molecule has 0 saturated carbocycles. The van der Waals surface area contributed by atoms with Crippen LogP contribution in [0.5, 0.6) is 5.75 Å². The van der Waals surface area contributed by atoms with Gasteiger partial charge in [-0.3, -0.25) is 4.79 Å². The van der Waals surface area contributed by atoms with Crippen molar-refractivity contribution in [2.24, 2.45) is 0 Å². The van der Waals surface area contributed by atoms with E-state index in [1.54, 1.807) is 26.1 Å². The van der Waals surface area contributed by atoms with Crippen molar-refractivity contribution in [2.45, 2.75) is 13.1 Å². The average molecular weight is 438 g/mol. The molecule has 0 atom stereocenters. The number of pyridine rings is 1. The summed E-state index contributed by atoms with van der Waals surface area (Å²) in [4.78, 5) is 16.8. The molecule has 0 saturated heterocycles. The third-order valence-corrected chi connectivity index (χ3v) is 3.95. The molecular formula is C15H14F3IN2O2. The molecule has 0 radical (unpaired) electrons. The number of alkyl halides is 3. The Kier molecular flexibility index (Phi) is 5.33. The van der Waals surface area contributed by atoms with Gasteiger partial charge in [0.1, 0.15) is 11.4 Å². The molecule has 0 aliphatic heterocycles. The van der Waals surface area contributed by atoms with Crippen molar-refractivity contribution in [3.05, 3.63) is 33.5 Å². The zero-order chi connectivity index (χ0) is 17.2. The first-order valence-corrected chi connectivity index (χ1v) is 7.84. The van der Waals surface area contributed by atoms with Crippen LogP contribution in [0.3, 0.4) is 0 Å². The van der Waals surface area contributed by atoms with E-state index >= 15 is 0 Å². The van der Waals surface area contributed by atoms with Gasteiger partial charge in [0.15, 0.2) is 6.61 Å². The summed E-state index contributed by atoms with van der Waals surface area (Å²) >= 11 is 2.05. The smallest absolute Gasteiger partial charge is 0.433 e. The van der Waals surface area contributed by atoms with Crippen LogP contribution in [0.4, 0.5) is 13.2 Å². The zero-order valence-electron chi connectivity index (χ0n) is 12.4. The third kappa shape index (κ3) is 4.24. The van der Waals surface area contributed by atoms with Gasteiger partial charge in [-0.05, 0) is 47.7 Å². The maximum Gasteiger partial charge on any atom is 0.433 e. The highest BCUT2D eigenvalue weighted by atomic mass is 127. The Morgan fingerprint density at radius 1 is 1.35 bits per heavy atom. The lowest BCUT2D eigenvalue weighted by atomic mass is 10.2. The maximum absolute atomic E-state index is 13.0. The molecule has 4 nitrogen and oxygen atoms in total. The highest BCUT2D eigenvalue weighted by Gasteiger charge is 2.33. The van der Waals surface area contributed by atoms with Gasteiger partial charge in [0, 0.05) is 28.6 Å². The van der Waals surface area contributed by atoms with Crippen LogP contribution in [0.1, 0.15) is 12.6 Å². The summed E-state index contributed by atoms with van der Waals surface area (Å²) in [5, 5.41) is 0.442. The van der Waals surface area contributed by atoms with E-state index in [2.05, 4.69) is 4.98 Å². The number of hydrogen-bond donors (Lipinski definition) is 0. The first-order valence-electron chi connectivity index (χ1n) is 6.76. The van der Waals surface area contributed by atoms with Gasteiger partial charge < -0.3 is 9.64 Å². The van der Waals surface area contributed by atoms with Crippen LogP contribution >= 0.6 is 22.6 Å². The van der Waals surface area contributed by atoms with E-state index in [9.17, 15) is 18.0 Å². The third-order valence-electron chi connectivity index (χ3n) is 3.27. The first kappa shape index (κ1) is 17.8. The lowest BCUT2D eigenvalue weighted by Gasteiger charge is -2.16. The minimum atomic E-state index is -4.58. The quantitative estimate of drug-likeness (QED) is 0.684. The standard InChI is InChI=1S/C15H14F3IN2O2/c1-3-21(2)14(22)8-23-12-7-13(15(16,17)18)20-11-5-4-9(19)6-10(11)12/h4-7H,3,8H2,1-2H3. The van der Waals surface area contributed by atoms with Crippen molar-refractivity contribution in [3.8, 4) is 5.75 Å². The highest BCUT2D eigenvalue weighted by Crippen LogP contribution is 2.34. The zero-order valence-corrected chi connectivity index (χ0v) is 14.6. The molecule has 0 spiro atoms. The fourth-order valence-corrected chi connectivity index (χ4v) is 2.35. The van der Waals surface area contributed by atoms with E-state index < -0.39 is 11.9 Å². The number of aromatic nitrogens is 1. The molecule has 124 valence electrons. The van der Waals surface area contributed by atoms with Gasteiger partial charge in [-0.15, -0.1) is 0 Å². The van der Waals surface area contributed by atoms with Crippen LogP contribution in [0, 0.1) is 3.57 Å². The van der Waals surface area contributed by atoms with Gasteiger partial charge >= 0.3 is 6.18 Å². The Hall–Kier alpha value is -1.58. The second kappa shape index (κ2) is 6.90. The molecule has 0 bridgehead atoms. The van der Waals surface area contributed by atoms with Crippen molar-refractivity contribution in [1.29, 1.82) is 0 Å². The van der Waals surface area contributed by atoms with Gasteiger partial charge in [0.25, 0.3) is 5.91 Å². The summed E-state index contributed by atoms with van der Waals surface area (Å²) in [6.07, 6.45) is -4.58. The summed E-state index contributed by atoms with van der Waals surface area (Å²) in [7, 11) is 1.60. The number of hydrogen-bond acceptors (Lipinski definition) is 3. The molecule has 0 fully saturated rings. The summed E-state index contributed by atoms with van der Waals surface area (Å²) in [6.45, 7) is 1.96. The van der Waals surface area contributed by atoms with Crippen LogP contribution in [-0.4, -0.2) is 36.0 Å². The molecule has 1 aromatic carbocycles. The highest BCUT2D eigenvalue weighted by molar-refractivity contribution is 14.1. The van der Waals surface area contributed by atoms with E-state index in [1.807, 2.05) is 22.6 Å². The van der Waals surface area contributed by atoms with Crippen molar-refractivity contribution in [3.63, 3.8) is 0 Å². The van der Waals surface area contributed by atoms with E-state index in [4.69, 9.17) is 4.74 Å². The van der Waals surface area contributed by atoms with Crippen molar-refractivity contribution in [1.82, 2.24) is 9.88 Å². The summed E-state index contributed by atoms with van der Waals surface area (Å²) < 4.78 is 45.1. The van der Waals surface area contributed by atoms with Crippen molar-refractivity contribution >= 4 is 39.4 Å². The molecular weight excluding hydrogens is 424 g/mol. The minimum absolute atomic E-state index is 0.00121. The fraction of sp³-hybridized carbons (Fsp3) is 0.333. The maximum atomic E-state index is 13.0. The summed E-state index contributed by atoms with van der Waals surface area (Å²) in [5.74, 6) is -0.310. The predicted octanol–water partition coefficient (Wildman–Crippen LogP) is 3.72. The van der Waals surface area contributed by atoms with Crippen LogP contribution in [0.15, 0.2) is 24.3 Å². The number of halogens is 4. The van der Waals surface area contributed by atoms with E-state index in [0.717, 1.165) is 9.64 Å². The first-order chi connectivity index (χ1) is 10.7. The van der Waals surface area contributed by atoms with Gasteiger partial charge in [-0.2, -0.15) is 13.2 Å². The molecule has 0 N–H and O–H groups in total. The Bertz CT molecular complexity index is 734. The number of carbonyl (C=O) groups is 1. The second-order valence-corrected chi connectivity index (χ2v) is 6.11. The number of rotatable bonds is 4. The van der Waals surface area contributed by atoms with Gasteiger partial charge in [-0.1, -0.05) is 0 Å². The SMILES string of the molecule is CCN(C)C(=O)COc1cc(C(F)(F)F)nc2ccc(I)cc12. The molecule has 0 unspecified atom stereocenters. The van der Waals surface area contributed by atoms with E-state index in [-0.39, 0.29) is 23.8 Å². The Labute approximate surface area is 144 Å². The van der Waals surface area contributed by atoms with E-state index in [1.165, 1.54) is 11.0 Å². The van der Waals surface area contributed by atoms with E-state index in [0.29, 0.717) is 11.9 Å². The Morgan fingerprint density at radius 3 is 2.65 bits per heavy atom. The Morgan fingerprint density at radius 2 is 2.04 bits per heavy atom. The predicted molar refractivity (Wildman–Crippen MR) is 88.3 cm³/mol. The molecule has 1 heterocycles. The summed E-state index contributed by atoms with van der Waals surface area (Å²) in [6, 6.07) is 5.67. The fourth-order valence-electron chi connectivity index (χ4n) is 1.86. The molecule has 8 heteroatoms. The van der Waals surface area contributed by atoms with Crippen molar-refractivity contribution in [2.75, 3.05) is 20.2 Å². The van der Waals surface area contributed by atoms with Gasteiger partial charge in [0.05, 0.1) is 5.52 Å². The summed E-state index contributed by atoms with van der Waals surface area (Å²) in [5.41, 5.74) is -0.871. The van der Waals surface area contributed by atoms with Gasteiger partial charge in [-0.25, -0.2) is 4.98 Å². The largest absolute Gasteiger partial charge is 0.483 e. The number of nitrogens with zero attached hydrogens (tertiary/aromatic N) is 2. The van der Waals surface area contributed by atoms with Crippen LogP contribution < -0.4 is 4.74 Å². The number of carbonyl (C=O) groups excluding carboxylic acids is 1. The molecule has 1 aromatic heterocycles. The van der Waals surface area contributed by atoms with Crippen LogP contribution in [0.25, 0.3) is 10.9 Å². The molecule has 23 heavy (non-hydrogen) atoms. The number of amides is 1. The monoisotopic (exact) mass is 438 g/mol.